The summed E-state index contributed by atoms with van der Waals surface area (Å²) in [7, 11) is 0. The molecule has 0 aromatic carbocycles. The fraction of sp³-hybridized carbons (Fsp3) is 0.571. The molecule has 3 N–H and O–H groups in total. The number of hydrogen-bond donors (Lipinski definition) is 2. The van der Waals surface area contributed by atoms with Gasteiger partial charge in [-0.1, -0.05) is 12.2 Å². The molecule has 0 aromatic rings. The van der Waals surface area contributed by atoms with E-state index < -0.39 is 0 Å². The van der Waals surface area contributed by atoms with Gasteiger partial charge in [0.2, 0.25) is 6.41 Å². The molecular weight excluding hydrogens is 128 g/mol. The molecule has 3 nitrogen and oxygen atoms in total. The second-order valence-corrected chi connectivity index (χ2v) is 2.31. The number of nitrogens with one attached hydrogen (secondary N) is 1. The Bertz CT molecular complexity index is 123. The summed E-state index contributed by atoms with van der Waals surface area (Å²) in [5.41, 5.74) is 6.41. The number of amides is 1. The van der Waals surface area contributed by atoms with Crippen molar-refractivity contribution < 1.29 is 4.79 Å². The van der Waals surface area contributed by atoms with Gasteiger partial charge in [0.1, 0.15) is 0 Å². The summed E-state index contributed by atoms with van der Waals surface area (Å²) in [5.74, 6) is 0.213. The maximum absolute atomic E-state index is 9.87. The zero-order valence-corrected chi connectivity index (χ0v) is 6.26. The van der Waals surface area contributed by atoms with Crippen molar-refractivity contribution in [3.8, 4) is 0 Å². The van der Waals surface area contributed by atoms with E-state index in [4.69, 9.17) is 5.73 Å². The third kappa shape index (κ3) is 3.25. The van der Waals surface area contributed by atoms with E-state index in [1.807, 2.05) is 6.92 Å². The second-order valence-electron chi connectivity index (χ2n) is 2.31. The molecule has 1 atom stereocenters. The lowest BCUT2D eigenvalue weighted by Gasteiger charge is -2.12. The minimum absolute atomic E-state index is 0.213. The molecule has 0 rings (SSSR count). The maximum atomic E-state index is 9.87. The predicted molar refractivity (Wildman–Crippen MR) is 41.4 cm³/mol. The number of hydrogen-bond acceptors (Lipinski definition) is 2. The third-order valence-corrected chi connectivity index (χ3v) is 1.43. The number of rotatable bonds is 5. The smallest absolute Gasteiger partial charge is 0.207 e. The molecule has 0 bridgehead atoms. The molecule has 0 heterocycles. The molecule has 58 valence electrons. The van der Waals surface area contributed by atoms with Gasteiger partial charge in [-0.25, -0.2) is 0 Å². The van der Waals surface area contributed by atoms with Crippen molar-refractivity contribution in [3.63, 3.8) is 0 Å². The van der Waals surface area contributed by atoms with E-state index in [1.165, 1.54) is 0 Å². The van der Waals surface area contributed by atoms with Crippen LogP contribution in [0.4, 0.5) is 0 Å². The Morgan fingerprint density at radius 2 is 2.50 bits per heavy atom. The quantitative estimate of drug-likeness (QED) is 0.415. The Morgan fingerprint density at radius 1 is 1.90 bits per heavy atom. The molecule has 3 heteroatoms. The van der Waals surface area contributed by atoms with E-state index in [0.29, 0.717) is 19.5 Å². The zero-order chi connectivity index (χ0) is 7.98. The first kappa shape index (κ1) is 9.17. The summed E-state index contributed by atoms with van der Waals surface area (Å²) < 4.78 is 0. The Morgan fingerprint density at radius 3 is 2.80 bits per heavy atom. The van der Waals surface area contributed by atoms with E-state index >= 15 is 0 Å². The van der Waals surface area contributed by atoms with Crippen molar-refractivity contribution in [1.82, 2.24) is 5.32 Å². The van der Waals surface area contributed by atoms with Crippen LogP contribution in [0.15, 0.2) is 12.2 Å². The van der Waals surface area contributed by atoms with E-state index in [2.05, 4.69) is 11.9 Å². The highest BCUT2D eigenvalue weighted by Crippen LogP contribution is 2.03. The molecule has 0 aliphatic heterocycles. The average Bonchev–Trinajstić information content (AvgIpc) is 1.89. The Labute approximate surface area is 61.3 Å². The lowest BCUT2D eigenvalue weighted by Crippen LogP contribution is -2.27. The normalized spacial score (nSPS) is 12.2. The van der Waals surface area contributed by atoms with E-state index in [9.17, 15) is 4.79 Å². The lowest BCUT2D eigenvalue weighted by atomic mass is 10.0. The highest BCUT2D eigenvalue weighted by molar-refractivity contribution is 5.45. The van der Waals surface area contributed by atoms with Gasteiger partial charge >= 0.3 is 0 Å². The van der Waals surface area contributed by atoms with Gasteiger partial charge in [0, 0.05) is 19.0 Å². The van der Waals surface area contributed by atoms with Crippen molar-refractivity contribution >= 4 is 6.41 Å². The third-order valence-electron chi connectivity index (χ3n) is 1.43. The van der Waals surface area contributed by atoms with Crippen molar-refractivity contribution in [2.75, 3.05) is 13.1 Å². The van der Waals surface area contributed by atoms with Crippen LogP contribution in [0, 0.1) is 5.92 Å². The first-order valence-corrected chi connectivity index (χ1v) is 3.24. The van der Waals surface area contributed by atoms with Gasteiger partial charge in [0.05, 0.1) is 0 Å². The molecule has 0 aliphatic carbocycles. The van der Waals surface area contributed by atoms with E-state index in [0.717, 1.165) is 5.57 Å². The van der Waals surface area contributed by atoms with Crippen molar-refractivity contribution in [2.24, 2.45) is 11.7 Å². The average molecular weight is 142 g/mol. The molecule has 0 saturated heterocycles. The van der Waals surface area contributed by atoms with Gasteiger partial charge in [-0.2, -0.15) is 0 Å². The van der Waals surface area contributed by atoms with Crippen LogP contribution >= 0.6 is 0 Å². The van der Waals surface area contributed by atoms with Gasteiger partial charge < -0.3 is 11.1 Å². The van der Waals surface area contributed by atoms with Crippen LogP contribution in [0.1, 0.15) is 6.92 Å². The SMILES string of the molecule is C=C(C)[C@@H](CN)CNC=O. The molecule has 0 aromatic heterocycles. The summed E-state index contributed by atoms with van der Waals surface area (Å²) in [6, 6.07) is 0. The Kier molecular flexibility index (Phi) is 4.58. The van der Waals surface area contributed by atoms with Crippen LogP contribution in [0.3, 0.4) is 0 Å². The first-order valence-electron chi connectivity index (χ1n) is 3.24. The van der Waals surface area contributed by atoms with Crippen molar-refractivity contribution in [1.29, 1.82) is 0 Å². The molecule has 0 saturated carbocycles. The predicted octanol–water partition coefficient (Wildman–Crippen LogP) is -0.117. The van der Waals surface area contributed by atoms with Crippen LogP contribution < -0.4 is 11.1 Å². The van der Waals surface area contributed by atoms with Gasteiger partial charge in [0.25, 0.3) is 0 Å². The van der Waals surface area contributed by atoms with Crippen LogP contribution in [0.5, 0.6) is 0 Å². The molecule has 0 spiro atoms. The minimum Gasteiger partial charge on any atom is -0.358 e. The molecular formula is C7H14N2O. The van der Waals surface area contributed by atoms with E-state index in [-0.39, 0.29) is 5.92 Å². The van der Waals surface area contributed by atoms with Crippen molar-refractivity contribution in [2.45, 2.75) is 6.92 Å². The molecule has 0 unspecified atom stereocenters. The standard InChI is InChI=1S/C7H14N2O/c1-6(2)7(3-8)4-9-5-10/h5,7H,1,3-4,8H2,2H3,(H,9,10)/t7-/m0/s1. The highest BCUT2D eigenvalue weighted by Gasteiger charge is 2.04. The van der Waals surface area contributed by atoms with Gasteiger partial charge in [-0.3, -0.25) is 4.79 Å². The monoisotopic (exact) mass is 142 g/mol. The van der Waals surface area contributed by atoms with Gasteiger partial charge in [-0.15, -0.1) is 0 Å². The Hall–Kier alpha value is -0.830. The fourth-order valence-electron chi connectivity index (χ4n) is 0.649. The van der Waals surface area contributed by atoms with Gasteiger partial charge in [-0.05, 0) is 6.92 Å². The Balaban J connectivity index is 3.60. The molecule has 0 radical (unpaired) electrons. The lowest BCUT2D eigenvalue weighted by molar-refractivity contribution is -0.109. The highest BCUT2D eigenvalue weighted by atomic mass is 16.1. The van der Waals surface area contributed by atoms with Crippen LogP contribution in [-0.2, 0) is 4.79 Å². The van der Waals surface area contributed by atoms with Crippen LogP contribution in [-0.4, -0.2) is 19.5 Å². The van der Waals surface area contributed by atoms with E-state index in [1.54, 1.807) is 0 Å². The minimum atomic E-state index is 0.213. The molecule has 0 fully saturated rings. The number of carbonyl (C=O) groups excluding carboxylic acids is 1. The zero-order valence-electron chi connectivity index (χ0n) is 6.26. The summed E-state index contributed by atoms with van der Waals surface area (Å²) in [5, 5.41) is 2.56. The van der Waals surface area contributed by atoms with Crippen LogP contribution in [0.25, 0.3) is 0 Å². The van der Waals surface area contributed by atoms with Crippen molar-refractivity contribution in [3.05, 3.63) is 12.2 Å². The van der Waals surface area contributed by atoms with Gasteiger partial charge in [0.15, 0.2) is 0 Å². The summed E-state index contributed by atoms with van der Waals surface area (Å²) >= 11 is 0. The molecule has 0 aliphatic rings. The summed E-state index contributed by atoms with van der Waals surface area (Å²) in [4.78, 5) is 9.87. The largest absolute Gasteiger partial charge is 0.358 e. The summed E-state index contributed by atoms with van der Waals surface area (Å²) in [6.45, 7) is 6.78. The molecule has 10 heavy (non-hydrogen) atoms. The topological polar surface area (TPSA) is 55.1 Å². The van der Waals surface area contributed by atoms with Crippen LogP contribution in [0.2, 0.25) is 0 Å². The molecule has 1 amide bonds. The first-order chi connectivity index (χ1) is 4.72. The summed E-state index contributed by atoms with van der Waals surface area (Å²) in [6.07, 6.45) is 0.672. The fourth-order valence-corrected chi connectivity index (χ4v) is 0.649. The number of carbonyl (C=O) groups is 1. The maximum Gasteiger partial charge on any atom is 0.207 e. The number of nitrogens with two attached hydrogens (primary N) is 1. The second kappa shape index (κ2) is 4.99.